The van der Waals surface area contributed by atoms with Gasteiger partial charge in [0.05, 0.1) is 12.2 Å². The van der Waals surface area contributed by atoms with E-state index in [9.17, 15) is 10.2 Å². The van der Waals surface area contributed by atoms with Crippen molar-refractivity contribution in [2.24, 2.45) is 91.7 Å². The third-order valence-corrected chi connectivity index (χ3v) is 22.5. The summed E-state index contributed by atoms with van der Waals surface area (Å²) in [5.74, 6) is 8.81. The van der Waals surface area contributed by atoms with E-state index in [2.05, 4.69) is 96.1 Å². The molecule has 0 heterocycles. The zero-order valence-electron chi connectivity index (χ0n) is 41.5. The number of rotatable bonds is 9. The quantitative estimate of drug-likeness (QED) is 0.228. The van der Waals surface area contributed by atoms with Gasteiger partial charge in [0.1, 0.15) is 0 Å². The van der Waals surface area contributed by atoms with Crippen LogP contribution >= 0.6 is 0 Å². The summed E-state index contributed by atoms with van der Waals surface area (Å²) >= 11 is 0. The van der Waals surface area contributed by atoms with Crippen LogP contribution in [0.15, 0.2) is 22.8 Å². The lowest BCUT2D eigenvalue weighted by Crippen LogP contribution is -2.55. The van der Waals surface area contributed by atoms with E-state index in [0.29, 0.717) is 33.0 Å². The van der Waals surface area contributed by atoms with Crippen molar-refractivity contribution in [1.29, 1.82) is 0 Å². The summed E-state index contributed by atoms with van der Waals surface area (Å²) in [7, 11) is 0. The summed E-state index contributed by atoms with van der Waals surface area (Å²) in [5.41, 5.74) is 7.56. The zero-order valence-corrected chi connectivity index (χ0v) is 41.5. The van der Waals surface area contributed by atoms with E-state index in [1.165, 1.54) is 128 Å². The van der Waals surface area contributed by atoms with E-state index < -0.39 is 0 Å². The zero-order chi connectivity index (χ0) is 42.9. The maximum absolute atomic E-state index is 10.8. The molecule has 338 valence electrons. The normalized spacial score (nSPS) is 47.0. The van der Waals surface area contributed by atoms with Crippen LogP contribution < -0.4 is 0 Å². The third-order valence-electron chi connectivity index (χ3n) is 22.5. The van der Waals surface area contributed by atoms with Crippen molar-refractivity contribution in [2.45, 2.75) is 243 Å². The van der Waals surface area contributed by atoms with Crippen molar-refractivity contribution in [2.75, 3.05) is 0 Å². The fraction of sp³-hybridized carbons (Fsp3) is 0.930. The van der Waals surface area contributed by atoms with Gasteiger partial charge in [-0.15, -0.1) is 0 Å². The van der Waals surface area contributed by atoms with E-state index in [1.54, 1.807) is 0 Å². The maximum Gasteiger partial charge on any atom is 0.0594 e. The Hall–Kier alpha value is -0.600. The second-order valence-electron chi connectivity index (χ2n) is 26.2. The molecule has 0 spiro atoms. The molecule has 0 aliphatic heterocycles. The summed E-state index contributed by atoms with van der Waals surface area (Å²) in [5, 5.41) is 21.1. The first-order chi connectivity index (χ1) is 27.6. The fourth-order valence-electron chi connectivity index (χ4n) is 18.7. The van der Waals surface area contributed by atoms with Gasteiger partial charge >= 0.3 is 0 Å². The Morgan fingerprint density at radius 3 is 2.05 bits per heavy atom. The molecule has 59 heavy (non-hydrogen) atoms. The van der Waals surface area contributed by atoms with Gasteiger partial charge in [-0.1, -0.05) is 118 Å². The highest BCUT2D eigenvalue weighted by atomic mass is 16.3. The topological polar surface area (TPSA) is 40.5 Å². The Morgan fingerprint density at radius 1 is 0.644 bits per heavy atom. The van der Waals surface area contributed by atoms with Crippen molar-refractivity contribution in [3.8, 4) is 0 Å². The van der Waals surface area contributed by atoms with E-state index in [1.807, 2.05) is 11.1 Å². The molecule has 8 aliphatic rings. The van der Waals surface area contributed by atoms with Crippen LogP contribution in [0.4, 0.5) is 0 Å². The summed E-state index contributed by atoms with van der Waals surface area (Å²) < 4.78 is 0. The van der Waals surface area contributed by atoms with Crippen LogP contribution in [0.5, 0.6) is 0 Å². The molecule has 16 atom stereocenters. The van der Waals surface area contributed by atoms with Gasteiger partial charge < -0.3 is 10.2 Å². The van der Waals surface area contributed by atoms with Gasteiger partial charge in [0, 0.05) is 0 Å². The Balaban J connectivity index is 0.000000180. The van der Waals surface area contributed by atoms with Crippen LogP contribution in [0, 0.1) is 91.7 Å². The first kappa shape index (κ1) is 46.4. The molecule has 0 aromatic heterocycles. The number of aliphatic hydroxyl groups excluding tert-OH is 2. The molecule has 0 aromatic carbocycles. The van der Waals surface area contributed by atoms with Crippen LogP contribution in [-0.2, 0) is 0 Å². The van der Waals surface area contributed by atoms with Crippen LogP contribution in [0.25, 0.3) is 0 Å². The van der Waals surface area contributed by atoms with E-state index in [-0.39, 0.29) is 17.6 Å². The number of fused-ring (bicyclic) bond motifs is 9. The molecule has 0 aromatic rings. The lowest BCUT2D eigenvalue weighted by Gasteiger charge is -2.62. The minimum absolute atomic E-state index is 0.00830. The molecule has 8 aliphatic carbocycles. The average Bonchev–Trinajstić information content (AvgIpc) is 3.67. The maximum atomic E-state index is 10.8. The Morgan fingerprint density at radius 2 is 1.34 bits per heavy atom. The van der Waals surface area contributed by atoms with Crippen molar-refractivity contribution in [1.82, 2.24) is 0 Å². The monoisotopic (exact) mass is 815 g/mol. The first-order valence-electron chi connectivity index (χ1n) is 26.4. The highest BCUT2D eigenvalue weighted by Gasteiger charge is 2.64. The smallest absolute Gasteiger partial charge is 0.0594 e. The predicted octanol–water partition coefficient (Wildman–Crippen LogP) is 15.9. The molecule has 6 saturated carbocycles. The summed E-state index contributed by atoms with van der Waals surface area (Å²) in [6, 6.07) is 0. The Labute approximate surface area is 366 Å². The number of hydrogen-bond donors (Lipinski definition) is 2. The molecule has 0 amide bonds. The molecule has 0 bridgehead atoms. The van der Waals surface area contributed by atoms with Gasteiger partial charge in [-0.3, -0.25) is 0 Å². The molecule has 0 radical (unpaired) electrons. The second kappa shape index (κ2) is 17.1. The van der Waals surface area contributed by atoms with Crippen LogP contribution in [0.3, 0.4) is 0 Å². The fourth-order valence-corrected chi connectivity index (χ4v) is 18.7. The third kappa shape index (κ3) is 7.89. The largest absolute Gasteiger partial charge is 0.393 e. The van der Waals surface area contributed by atoms with Gasteiger partial charge in [-0.05, 0) is 228 Å². The first-order valence-corrected chi connectivity index (χ1v) is 26.4. The predicted molar refractivity (Wildman–Crippen MR) is 252 cm³/mol. The molecule has 2 nitrogen and oxygen atoms in total. The minimum Gasteiger partial charge on any atom is -0.393 e. The molecule has 6 fully saturated rings. The van der Waals surface area contributed by atoms with Gasteiger partial charge in [0.2, 0.25) is 0 Å². The number of hydrogen-bond acceptors (Lipinski definition) is 2. The Bertz CT molecular complexity index is 1530. The number of aliphatic hydroxyl groups is 2. The summed E-state index contributed by atoms with van der Waals surface area (Å²) in [4.78, 5) is 0. The van der Waals surface area contributed by atoms with Crippen molar-refractivity contribution >= 4 is 0 Å². The van der Waals surface area contributed by atoms with Crippen LogP contribution in [0.1, 0.15) is 231 Å². The Kier molecular flexibility index (Phi) is 13.4. The SMILES string of the molecule is CC(C)=CCC[C@@H](C)[C@H]1CC[C@@]2(C)C3=C(CC[C@]12C)[C@@]1(C)CC[C@H](O)C(C)(C)[C@@H]1CC3.CC(C)CCC[C@@H](C)[C@H]1CC[C@H]2[C@@H]3CCC4C[C@@H](O)CC[C@]4(C)[C@H]3CC[C@]12C. The average molecular weight is 815 g/mol. The summed E-state index contributed by atoms with van der Waals surface area (Å²) in [6.45, 7) is 32.3. The lowest BCUT2D eigenvalue weighted by atomic mass is 9.43. The molecule has 2 N–H and O–H groups in total. The minimum atomic E-state index is -0.130. The molecular weight excluding hydrogens is 717 g/mol. The standard InChI is InChI=1S/C30H50O.C27H48O/c1-20(2)10-9-11-21(3)22-14-18-30(8)24-12-13-25-27(4,5)26(31)16-17-28(25,6)23(24)15-19-29(22,30)7;1-18(2)7-6-8-19(3)23-11-12-24-22-10-9-20-17-21(28)13-15-26(20,4)25(22)14-16-27(23,24)5/h10,21-22,25-26,31H,9,11-19H2,1-8H3;18-25,28H,6-17H2,1-5H3/t21-,22-,25+,26+,28-,29-,30+;19-,20?,21+,22+,23-,24+,25+,26+,27-/m11/s1. The van der Waals surface area contributed by atoms with Gasteiger partial charge in [0.25, 0.3) is 0 Å². The molecule has 2 heteroatoms. The number of allylic oxidation sites excluding steroid dienone is 4. The molecule has 1 unspecified atom stereocenters. The summed E-state index contributed by atoms with van der Waals surface area (Å²) in [6.07, 6.45) is 31.8. The lowest BCUT2D eigenvalue weighted by molar-refractivity contribution is -0.129. The van der Waals surface area contributed by atoms with E-state index >= 15 is 0 Å². The van der Waals surface area contributed by atoms with Crippen molar-refractivity contribution < 1.29 is 10.2 Å². The van der Waals surface area contributed by atoms with Crippen molar-refractivity contribution in [3.05, 3.63) is 22.8 Å². The highest BCUT2D eigenvalue weighted by Crippen LogP contribution is 2.73. The second-order valence-corrected chi connectivity index (χ2v) is 26.2. The van der Waals surface area contributed by atoms with Gasteiger partial charge in [-0.25, -0.2) is 0 Å². The molecule has 8 rings (SSSR count). The van der Waals surface area contributed by atoms with Gasteiger partial charge in [-0.2, -0.15) is 0 Å². The van der Waals surface area contributed by atoms with Gasteiger partial charge in [0.15, 0.2) is 0 Å². The van der Waals surface area contributed by atoms with E-state index in [4.69, 9.17) is 0 Å². The van der Waals surface area contributed by atoms with E-state index in [0.717, 1.165) is 72.5 Å². The highest BCUT2D eigenvalue weighted by molar-refractivity contribution is 5.38. The molecule has 0 saturated heterocycles. The van der Waals surface area contributed by atoms with Crippen molar-refractivity contribution in [3.63, 3.8) is 0 Å². The molecular formula is C57H98O2. The van der Waals surface area contributed by atoms with Crippen LogP contribution in [-0.4, -0.2) is 22.4 Å². The van der Waals surface area contributed by atoms with Crippen LogP contribution in [0.2, 0.25) is 0 Å².